The Bertz CT molecular complexity index is 506. The summed E-state index contributed by atoms with van der Waals surface area (Å²) in [7, 11) is 0. The lowest BCUT2D eigenvalue weighted by Crippen LogP contribution is -2.63. The highest BCUT2D eigenvalue weighted by Gasteiger charge is 2.54. The van der Waals surface area contributed by atoms with E-state index in [-0.39, 0.29) is 5.11 Å². The van der Waals surface area contributed by atoms with Crippen LogP contribution in [0.25, 0.3) is 0 Å². The van der Waals surface area contributed by atoms with E-state index in [0.717, 1.165) is 5.69 Å². The summed E-state index contributed by atoms with van der Waals surface area (Å²) in [6, 6.07) is 9.14. The van der Waals surface area contributed by atoms with Crippen LogP contribution in [0.2, 0.25) is 0 Å². The normalized spacial score (nSPS) is 31.0. The second-order valence-corrected chi connectivity index (χ2v) is 5.30. The van der Waals surface area contributed by atoms with Gasteiger partial charge in [0.25, 0.3) is 0 Å². The molecule has 0 saturated carbocycles. The number of benzene rings is 1. The number of anilines is 1. The summed E-state index contributed by atoms with van der Waals surface area (Å²) in [4.78, 5) is 0. The average Bonchev–Trinajstić information content (AvgIpc) is 2.79. The Balaban J connectivity index is 1.95. The molecule has 0 amide bonds. The Morgan fingerprint density at radius 3 is 2.45 bits per heavy atom. The number of aliphatic hydroxyl groups excluding tert-OH is 4. The van der Waals surface area contributed by atoms with Crippen LogP contribution in [0.3, 0.4) is 0 Å². The summed E-state index contributed by atoms with van der Waals surface area (Å²) >= 11 is 5.08. The summed E-state index contributed by atoms with van der Waals surface area (Å²) in [5, 5.41) is 41.4. The van der Waals surface area contributed by atoms with Gasteiger partial charge in [-0.05, 0) is 24.4 Å². The summed E-state index contributed by atoms with van der Waals surface area (Å²) in [5.74, 6) is 0. The number of para-hydroxylation sites is 1. The molecule has 1 aliphatic rings. The fraction of sp³-hybridized carbons (Fsp3) is 0.462. The van der Waals surface area contributed by atoms with Crippen molar-refractivity contribution in [3.63, 3.8) is 0 Å². The third-order valence-electron chi connectivity index (χ3n) is 3.38. The van der Waals surface area contributed by atoms with Gasteiger partial charge in [-0.1, -0.05) is 18.2 Å². The van der Waals surface area contributed by atoms with E-state index in [1.807, 2.05) is 30.3 Å². The maximum absolute atomic E-state index is 10.00. The Morgan fingerprint density at radius 2 is 1.91 bits per heavy atom. The number of aliphatic hydroxyl groups is 4. The van der Waals surface area contributed by atoms with Crippen molar-refractivity contribution in [1.82, 2.24) is 10.9 Å². The Labute approximate surface area is 132 Å². The third kappa shape index (κ3) is 3.52. The van der Waals surface area contributed by atoms with Crippen molar-refractivity contribution in [2.75, 3.05) is 18.5 Å². The predicted octanol–water partition coefficient (Wildman–Crippen LogP) is -1.72. The van der Waals surface area contributed by atoms with Crippen LogP contribution < -0.4 is 16.2 Å². The Kier molecular flexibility index (Phi) is 5.64. The molecule has 122 valence electrons. The molecule has 0 unspecified atom stereocenters. The minimum atomic E-state index is -1.67. The zero-order valence-electron chi connectivity index (χ0n) is 11.6. The standard InChI is InChI=1S/C13H19N3O5S/c17-6-9-10(19)11(20)13(7-18,21-9)16-15-12(22)14-8-4-2-1-3-5-8/h1-5,9-11,16-20H,6-7H2,(H2,14,15,22)/t9-,10+,11+,13+/m0/s1. The van der Waals surface area contributed by atoms with E-state index in [9.17, 15) is 15.3 Å². The molecule has 2 rings (SSSR count). The molecule has 0 bridgehead atoms. The first kappa shape index (κ1) is 17.0. The van der Waals surface area contributed by atoms with E-state index in [1.54, 1.807) is 0 Å². The summed E-state index contributed by atoms with van der Waals surface area (Å²) in [5.41, 5.74) is 4.23. The number of hydrogen-bond acceptors (Lipinski definition) is 7. The van der Waals surface area contributed by atoms with Crippen LogP contribution in [0.15, 0.2) is 30.3 Å². The van der Waals surface area contributed by atoms with Crippen molar-refractivity contribution in [1.29, 1.82) is 0 Å². The molecule has 9 heteroatoms. The van der Waals surface area contributed by atoms with Crippen LogP contribution in [0.1, 0.15) is 0 Å². The molecular formula is C13H19N3O5S. The van der Waals surface area contributed by atoms with Crippen molar-refractivity contribution >= 4 is 23.0 Å². The van der Waals surface area contributed by atoms with E-state index < -0.39 is 37.3 Å². The van der Waals surface area contributed by atoms with E-state index >= 15 is 0 Å². The van der Waals surface area contributed by atoms with Gasteiger partial charge in [0.05, 0.1) is 13.2 Å². The summed E-state index contributed by atoms with van der Waals surface area (Å²) < 4.78 is 5.31. The first-order valence-electron chi connectivity index (χ1n) is 6.67. The lowest BCUT2D eigenvalue weighted by molar-refractivity contribution is -0.142. The highest BCUT2D eigenvalue weighted by molar-refractivity contribution is 7.80. The van der Waals surface area contributed by atoms with Crippen molar-refractivity contribution < 1.29 is 25.2 Å². The second kappa shape index (κ2) is 7.29. The number of hydrazine groups is 1. The second-order valence-electron chi connectivity index (χ2n) is 4.89. The minimum absolute atomic E-state index is 0.178. The highest BCUT2D eigenvalue weighted by Crippen LogP contribution is 2.28. The average molecular weight is 329 g/mol. The van der Waals surface area contributed by atoms with Gasteiger partial charge in [0.15, 0.2) is 10.8 Å². The van der Waals surface area contributed by atoms with Crippen LogP contribution in [-0.2, 0) is 4.74 Å². The zero-order valence-corrected chi connectivity index (χ0v) is 12.5. The highest BCUT2D eigenvalue weighted by atomic mass is 32.1. The van der Waals surface area contributed by atoms with Crippen molar-refractivity contribution in [2.24, 2.45) is 0 Å². The van der Waals surface area contributed by atoms with Crippen LogP contribution in [-0.4, -0.2) is 62.8 Å². The molecule has 1 heterocycles. The quantitative estimate of drug-likeness (QED) is 0.249. The van der Waals surface area contributed by atoms with Gasteiger partial charge >= 0.3 is 0 Å². The SMILES string of the molecule is OC[C@@H]1O[C@@](CO)(NNC(=S)Nc2ccccc2)[C@H](O)[C@@H]1O. The molecule has 8 nitrogen and oxygen atoms in total. The van der Waals surface area contributed by atoms with Crippen molar-refractivity contribution in [3.8, 4) is 0 Å². The maximum atomic E-state index is 10.00. The fourth-order valence-corrected chi connectivity index (χ4v) is 2.32. The number of nitrogens with one attached hydrogen (secondary N) is 3. The molecule has 0 spiro atoms. The van der Waals surface area contributed by atoms with Gasteiger partial charge in [0, 0.05) is 5.69 Å². The van der Waals surface area contributed by atoms with Gasteiger partial charge < -0.3 is 30.5 Å². The molecule has 1 saturated heterocycles. The predicted molar refractivity (Wildman–Crippen MR) is 82.7 cm³/mol. The number of thiocarbonyl (C=S) groups is 1. The molecule has 22 heavy (non-hydrogen) atoms. The van der Waals surface area contributed by atoms with E-state index in [0.29, 0.717) is 0 Å². The fourth-order valence-electron chi connectivity index (χ4n) is 2.15. The molecule has 1 aromatic carbocycles. The number of hydrogen-bond donors (Lipinski definition) is 7. The summed E-state index contributed by atoms with van der Waals surface area (Å²) in [6.07, 6.45) is -3.78. The maximum Gasteiger partial charge on any atom is 0.187 e. The first-order chi connectivity index (χ1) is 10.5. The molecule has 1 aromatic rings. The molecule has 0 aromatic heterocycles. The van der Waals surface area contributed by atoms with E-state index in [4.69, 9.17) is 22.1 Å². The van der Waals surface area contributed by atoms with Gasteiger partial charge in [-0.3, -0.25) is 5.43 Å². The molecule has 7 N–H and O–H groups in total. The Morgan fingerprint density at radius 1 is 1.23 bits per heavy atom. The van der Waals surface area contributed by atoms with Gasteiger partial charge in [0.2, 0.25) is 0 Å². The van der Waals surface area contributed by atoms with E-state index in [1.165, 1.54) is 0 Å². The molecule has 1 aliphatic heterocycles. The van der Waals surface area contributed by atoms with Crippen LogP contribution >= 0.6 is 12.2 Å². The Hall–Kier alpha value is -1.33. The van der Waals surface area contributed by atoms with Crippen LogP contribution in [0, 0.1) is 0 Å². The smallest absolute Gasteiger partial charge is 0.187 e. The van der Waals surface area contributed by atoms with Gasteiger partial charge in [0.1, 0.15) is 18.3 Å². The van der Waals surface area contributed by atoms with E-state index in [2.05, 4.69) is 16.2 Å². The van der Waals surface area contributed by atoms with Crippen molar-refractivity contribution in [3.05, 3.63) is 30.3 Å². The monoisotopic (exact) mass is 329 g/mol. The number of rotatable bonds is 5. The van der Waals surface area contributed by atoms with Gasteiger partial charge in [-0.2, -0.15) is 5.43 Å². The lowest BCUT2D eigenvalue weighted by Gasteiger charge is -2.31. The molecule has 0 radical (unpaired) electrons. The van der Waals surface area contributed by atoms with Crippen LogP contribution in [0.5, 0.6) is 0 Å². The zero-order chi connectivity index (χ0) is 16.2. The lowest BCUT2D eigenvalue weighted by atomic mass is 10.0. The molecular weight excluding hydrogens is 310 g/mol. The molecule has 1 fully saturated rings. The van der Waals surface area contributed by atoms with Crippen LogP contribution in [0.4, 0.5) is 5.69 Å². The molecule has 0 aliphatic carbocycles. The van der Waals surface area contributed by atoms with Gasteiger partial charge in [-0.15, -0.1) is 0 Å². The van der Waals surface area contributed by atoms with Crippen molar-refractivity contribution in [2.45, 2.75) is 24.0 Å². The third-order valence-corrected chi connectivity index (χ3v) is 3.58. The first-order valence-corrected chi connectivity index (χ1v) is 7.08. The topological polar surface area (TPSA) is 126 Å². The number of ether oxygens (including phenoxy) is 1. The largest absolute Gasteiger partial charge is 0.394 e. The summed E-state index contributed by atoms with van der Waals surface area (Å²) in [6.45, 7) is -1.13. The molecule has 4 atom stereocenters. The van der Waals surface area contributed by atoms with Gasteiger partial charge in [-0.25, -0.2) is 0 Å². The minimum Gasteiger partial charge on any atom is -0.394 e.